The maximum absolute atomic E-state index is 14.3. The fourth-order valence-corrected chi connectivity index (χ4v) is 7.24. The number of carbonyl (C=O) groups excluding carboxylic acids is 3. The Morgan fingerprint density at radius 2 is 1.60 bits per heavy atom. The third kappa shape index (κ3) is 9.43. The summed E-state index contributed by atoms with van der Waals surface area (Å²) in [6.07, 6.45) is -6.60. The number of piperidine rings is 2. The number of alkyl halides is 5. The lowest BCUT2D eigenvalue weighted by Crippen LogP contribution is -2.62. The highest BCUT2D eigenvalue weighted by Crippen LogP contribution is 2.39. The number of halogens is 6. The molecule has 2 aromatic rings. The molecular formula is C34H40F6N4O7S. The topological polar surface area (TPSA) is 159 Å². The summed E-state index contributed by atoms with van der Waals surface area (Å²) in [4.78, 5) is 40.4. The Hall–Kier alpha value is -4.16. The first-order valence-corrected chi connectivity index (χ1v) is 17.9. The van der Waals surface area contributed by atoms with E-state index in [0.717, 1.165) is 27.9 Å². The summed E-state index contributed by atoms with van der Waals surface area (Å²) in [5, 5.41) is 13.2. The normalized spacial score (nSPS) is 17.7. The molecule has 0 spiro atoms. The van der Waals surface area contributed by atoms with E-state index in [9.17, 15) is 54.3 Å². The van der Waals surface area contributed by atoms with Gasteiger partial charge in [-0.15, -0.1) is 0 Å². The van der Waals surface area contributed by atoms with E-state index in [1.165, 1.54) is 6.08 Å². The SMILES string of the molecule is Cc1cc(C(=O)N2CCC(O)CC2)cc(C)c1C=CS(=O)(=O)N1CCC(NC(=O)c2ccc(F)c(OCCCC(F)(F)C(F)(F)F)c2)(C(N)=O)CC1. The van der Waals surface area contributed by atoms with E-state index >= 15 is 0 Å². The van der Waals surface area contributed by atoms with Gasteiger partial charge in [0.1, 0.15) is 5.54 Å². The maximum atomic E-state index is 14.3. The summed E-state index contributed by atoms with van der Waals surface area (Å²) in [5.74, 6) is -8.64. The van der Waals surface area contributed by atoms with Gasteiger partial charge in [-0.1, -0.05) is 0 Å². The lowest BCUT2D eigenvalue weighted by atomic mass is 9.87. The van der Waals surface area contributed by atoms with Crippen molar-refractivity contribution < 1.29 is 59.0 Å². The van der Waals surface area contributed by atoms with Crippen molar-refractivity contribution in [1.29, 1.82) is 0 Å². The quantitative estimate of drug-likeness (QED) is 0.213. The Morgan fingerprint density at radius 1 is 1.00 bits per heavy atom. The zero-order chi connectivity index (χ0) is 38.6. The minimum atomic E-state index is -5.75. The van der Waals surface area contributed by atoms with Crippen molar-refractivity contribution in [2.24, 2.45) is 5.73 Å². The van der Waals surface area contributed by atoms with Crippen LogP contribution in [0.1, 0.15) is 75.9 Å². The number of amides is 3. The predicted octanol–water partition coefficient (Wildman–Crippen LogP) is 4.45. The molecule has 0 radical (unpaired) electrons. The van der Waals surface area contributed by atoms with E-state index in [1.807, 2.05) is 0 Å². The number of hydrogen-bond donors (Lipinski definition) is 3. The number of ether oxygens (including phenoxy) is 1. The first-order valence-electron chi connectivity index (χ1n) is 16.4. The van der Waals surface area contributed by atoms with E-state index < -0.39 is 76.6 Å². The number of benzene rings is 2. The number of primary amides is 1. The number of nitrogens with one attached hydrogen (secondary N) is 1. The van der Waals surface area contributed by atoms with Crippen LogP contribution in [0.15, 0.2) is 35.7 Å². The van der Waals surface area contributed by atoms with Crippen LogP contribution in [-0.2, 0) is 14.8 Å². The molecule has 0 aliphatic carbocycles. The molecule has 2 aliphatic heterocycles. The highest BCUT2D eigenvalue weighted by molar-refractivity contribution is 7.92. The summed E-state index contributed by atoms with van der Waals surface area (Å²) in [6.45, 7) is 3.21. The number of likely N-dealkylation sites (tertiary alicyclic amines) is 1. The molecule has 11 nitrogen and oxygen atoms in total. The van der Waals surface area contributed by atoms with Crippen LogP contribution in [0.2, 0.25) is 0 Å². The first-order chi connectivity index (χ1) is 24.2. The standard InChI is InChI=1S/C34H40F6N4O7S/c1-21-18-24(30(47)43-12-6-25(45)7-13-43)19-22(2)26(21)8-17-52(49,50)44-14-10-32(11-15-44,31(41)48)42-29(46)23-4-5-27(35)28(20-23)51-16-3-9-33(36,37)34(38,39)40/h4-5,8,17-20,25,45H,3,6-7,9-16H2,1-2H3,(H2,41,48)(H,42,46). The zero-order valence-corrected chi connectivity index (χ0v) is 29.3. The van der Waals surface area contributed by atoms with Crippen molar-refractivity contribution in [2.75, 3.05) is 32.8 Å². The number of sulfonamides is 1. The second-order valence-corrected chi connectivity index (χ2v) is 14.8. The second kappa shape index (κ2) is 15.8. The van der Waals surface area contributed by atoms with Gasteiger partial charge in [-0.05, 0) is 99.0 Å². The number of rotatable bonds is 12. The fraction of sp³-hybridized carbons (Fsp3) is 0.500. The van der Waals surface area contributed by atoms with E-state index in [1.54, 1.807) is 30.9 Å². The fourth-order valence-electron chi connectivity index (χ4n) is 6.07. The lowest BCUT2D eigenvalue weighted by molar-refractivity contribution is -0.284. The average Bonchev–Trinajstić information content (AvgIpc) is 3.06. The van der Waals surface area contributed by atoms with Gasteiger partial charge in [0, 0.05) is 49.1 Å². The van der Waals surface area contributed by atoms with E-state index in [0.29, 0.717) is 48.2 Å². The molecule has 286 valence electrons. The van der Waals surface area contributed by atoms with Gasteiger partial charge in [0.25, 0.3) is 11.8 Å². The van der Waals surface area contributed by atoms with Crippen LogP contribution >= 0.6 is 0 Å². The molecule has 4 N–H and O–H groups in total. The van der Waals surface area contributed by atoms with Gasteiger partial charge in [-0.25, -0.2) is 12.8 Å². The monoisotopic (exact) mass is 762 g/mol. The van der Waals surface area contributed by atoms with Gasteiger partial charge in [0.05, 0.1) is 12.7 Å². The molecule has 0 aromatic heterocycles. The molecular weight excluding hydrogens is 722 g/mol. The molecule has 0 unspecified atom stereocenters. The Labute approximate surface area is 296 Å². The summed E-state index contributed by atoms with van der Waals surface area (Å²) in [6, 6.07) is 6.07. The van der Waals surface area contributed by atoms with Crippen LogP contribution in [0.3, 0.4) is 0 Å². The summed E-state index contributed by atoms with van der Waals surface area (Å²) < 4.78 is 110. The molecule has 0 atom stereocenters. The zero-order valence-electron chi connectivity index (χ0n) is 28.4. The number of aliphatic hydroxyl groups is 1. The molecule has 3 amide bonds. The van der Waals surface area contributed by atoms with Gasteiger partial charge >= 0.3 is 12.1 Å². The van der Waals surface area contributed by atoms with Crippen molar-refractivity contribution >= 4 is 33.8 Å². The largest absolute Gasteiger partial charge is 0.490 e. The minimum absolute atomic E-state index is 0.180. The smallest absolute Gasteiger partial charge is 0.453 e. The van der Waals surface area contributed by atoms with Crippen molar-refractivity contribution in [1.82, 2.24) is 14.5 Å². The van der Waals surface area contributed by atoms with Crippen molar-refractivity contribution in [2.45, 2.75) is 76.1 Å². The molecule has 0 saturated carbocycles. The summed E-state index contributed by atoms with van der Waals surface area (Å²) in [5.41, 5.74) is 6.06. The number of nitrogens with two attached hydrogens (primary N) is 1. The number of aryl methyl sites for hydroxylation is 2. The van der Waals surface area contributed by atoms with Crippen molar-refractivity contribution in [3.63, 3.8) is 0 Å². The Balaban J connectivity index is 1.39. The number of hydrogen-bond acceptors (Lipinski definition) is 7. The van der Waals surface area contributed by atoms with Crippen LogP contribution in [0.4, 0.5) is 26.3 Å². The van der Waals surface area contributed by atoms with Crippen LogP contribution in [0.25, 0.3) is 6.08 Å². The van der Waals surface area contributed by atoms with E-state index in [2.05, 4.69) is 5.32 Å². The molecule has 2 aromatic carbocycles. The van der Waals surface area contributed by atoms with Gasteiger partial charge in [0.15, 0.2) is 11.6 Å². The maximum Gasteiger partial charge on any atom is 0.453 e. The highest BCUT2D eigenvalue weighted by atomic mass is 32.2. The second-order valence-electron chi connectivity index (χ2n) is 13.0. The van der Waals surface area contributed by atoms with Gasteiger partial charge in [0.2, 0.25) is 15.9 Å². The third-order valence-electron chi connectivity index (χ3n) is 9.26. The molecule has 4 rings (SSSR count). The summed E-state index contributed by atoms with van der Waals surface area (Å²) >= 11 is 0. The Kier molecular flexibility index (Phi) is 12.4. The molecule has 2 fully saturated rings. The van der Waals surface area contributed by atoms with Crippen LogP contribution in [0, 0.1) is 19.7 Å². The van der Waals surface area contributed by atoms with E-state index in [4.69, 9.17) is 10.5 Å². The molecule has 52 heavy (non-hydrogen) atoms. The molecule has 0 bridgehead atoms. The number of carbonyl (C=O) groups is 3. The Bertz CT molecular complexity index is 1780. The van der Waals surface area contributed by atoms with Crippen molar-refractivity contribution in [3.05, 3.63) is 69.4 Å². The molecule has 2 saturated heterocycles. The number of nitrogens with zero attached hydrogens (tertiary/aromatic N) is 2. The molecule has 2 aliphatic rings. The lowest BCUT2D eigenvalue weighted by Gasteiger charge is -2.39. The predicted molar refractivity (Wildman–Crippen MR) is 177 cm³/mol. The van der Waals surface area contributed by atoms with Crippen LogP contribution in [0.5, 0.6) is 5.75 Å². The van der Waals surface area contributed by atoms with Crippen LogP contribution < -0.4 is 15.8 Å². The minimum Gasteiger partial charge on any atom is -0.490 e. The van der Waals surface area contributed by atoms with Gasteiger partial charge in [-0.3, -0.25) is 14.4 Å². The third-order valence-corrected chi connectivity index (χ3v) is 10.8. The first kappa shape index (κ1) is 40.6. The van der Waals surface area contributed by atoms with Gasteiger partial charge < -0.3 is 25.8 Å². The summed E-state index contributed by atoms with van der Waals surface area (Å²) in [7, 11) is -4.04. The average molecular weight is 763 g/mol. The van der Waals surface area contributed by atoms with Gasteiger partial charge in [-0.2, -0.15) is 26.3 Å². The molecule has 18 heteroatoms. The number of aliphatic hydroxyl groups excluding tert-OH is 1. The highest BCUT2D eigenvalue weighted by Gasteiger charge is 2.56. The molecule has 2 heterocycles. The Morgan fingerprint density at radius 3 is 2.15 bits per heavy atom. The van der Waals surface area contributed by atoms with E-state index in [-0.39, 0.29) is 37.4 Å². The van der Waals surface area contributed by atoms with Crippen molar-refractivity contribution in [3.8, 4) is 5.75 Å². The van der Waals surface area contributed by atoms with Crippen LogP contribution in [-0.4, -0.2) is 97.0 Å².